The zero-order valence-electron chi connectivity index (χ0n) is 11.5. The fourth-order valence-electron chi connectivity index (χ4n) is 1.54. The molecule has 1 aromatic heterocycles. The summed E-state index contributed by atoms with van der Waals surface area (Å²) in [6.45, 7) is 0. The molecule has 2 N–H and O–H groups in total. The Morgan fingerprint density at radius 3 is 2.57 bits per heavy atom. The first-order valence-electron chi connectivity index (χ1n) is 6.29. The van der Waals surface area contributed by atoms with Crippen LogP contribution in [0.5, 0.6) is 0 Å². The van der Waals surface area contributed by atoms with Gasteiger partial charge < -0.3 is 4.42 Å². The molecule has 122 valence electrons. The summed E-state index contributed by atoms with van der Waals surface area (Å²) in [5.41, 5.74) is 3.49. The van der Waals surface area contributed by atoms with E-state index in [9.17, 15) is 22.8 Å². The van der Waals surface area contributed by atoms with Gasteiger partial charge in [0.25, 0.3) is 0 Å². The maximum atomic E-state index is 12.6. The van der Waals surface area contributed by atoms with E-state index in [0.717, 1.165) is 23.9 Å². The predicted octanol–water partition coefficient (Wildman–Crippen LogP) is 2.85. The van der Waals surface area contributed by atoms with Crippen LogP contribution in [0.15, 0.2) is 52.0 Å². The summed E-state index contributed by atoms with van der Waals surface area (Å²) in [7, 11) is 0. The number of hydrazine groups is 1. The Hall–Kier alpha value is -2.42. The number of hydrogen-bond acceptors (Lipinski definition) is 4. The first-order valence-corrected chi connectivity index (χ1v) is 7.27. The number of alkyl halides is 3. The van der Waals surface area contributed by atoms with Gasteiger partial charge in [-0.05, 0) is 30.3 Å². The molecule has 0 unspecified atom stereocenters. The van der Waals surface area contributed by atoms with Crippen LogP contribution >= 0.6 is 11.8 Å². The van der Waals surface area contributed by atoms with E-state index in [1.807, 2.05) is 0 Å². The second-order valence-electron chi connectivity index (χ2n) is 4.29. The van der Waals surface area contributed by atoms with Gasteiger partial charge in [-0.1, -0.05) is 6.07 Å². The quantitative estimate of drug-likeness (QED) is 0.661. The van der Waals surface area contributed by atoms with Gasteiger partial charge in [0, 0.05) is 4.90 Å². The van der Waals surface area contributed by atoms with E-state index in [2.05, 4.69) is 10.9 Å². The molecule has 23 heavy (non-hydrogen) atoms. The highest BCUT2D eigenvalue weighted by molar-refractivity contribution is 8.00. The van der Waals surface area contributed by atoms with Gasteiger partial charge in [0.2, 0.25) is 5.91 Å². The SMILES string of the molecule is O=C(CSc1cccc(C(F)(F)F)c1)NNC(=O)c1ccco1. The van der Waals surface area contributed by atoms with Crippen molar-refractivity contribution >= 4 is 23.6 Å². The van der Waals surface area contributed by atoms with Crippen molar-refractivity contribution in [1.82, 2.24) is 10.9 Å². The average Bonchev–Trinajstić information content (AvgIpc) is 3.04. The van der Waals surface area contributed by atoms with Crippen molar-refractivity contribution in [3.8, 4) is 0 Å². The van der Waals surface area contributed by atoms with E-state index in [-0.39, 0.29) is 11.5 Å². The summed E-state index contributed by atoms with van der Waals surface area (Å²) in [5.74, 6) is -1.32. The molecule has 0 aliphatic rings. The van der Waals surface area contributed by atoms with Crippen LogP contribution in [0.25, 0.3) is 0 Å². The molecular weight excluding hydrogens is 333 g/mol. The van der Waals surface area contributed by atoms with Gasteiger partial charge in [-0.2, -0.15) is 13.2 Å². The van der Waals surface area contributed by atoms with Crippen molar-refractivity contribution in [2.24, 2.45) is 0 Å². The molecule has 0 atom stereocenters. The fourth-order valence-corrected chi connectivity index (χ4v) is 2.30. The molecule has 1 aromatic carbocycles. The number of halogens is 3. The number of rotatable bonds is 4. The molecule has 5 nitrogen and oxygen atoms in total. The third-order valence-electron chi connectivity index (χ3n) is 2.59. The van der Waals surface area contributed by atoms with E-state index < -0.39 is 23.6 Å². The van der Waals surface area contributed by atoms with E-state index in [1.165, 1.54) is 30.5 Å². The molecule has 0 fully saturated rings. The number of amides is 2. The molecule has 2 amide bonds. The molecule has 0 aliphatic carbocycles. The second kappa shape index (κ2) is 7.23. The van der Waals surface area contributed by atoms with E-state index in [4.69, 9.17) is 4.42 Å². The molecule has 0 bridgehead atoms. The van der Waals surface area contributed by atoms with Gasteiger partial charge in [-0.25, -0.2) is 0 Å². The lowest BCUT2D eigenvalue weighted by Gasteiger charge is -2.09. The number of carbonyl (C=O) groups excluding carboxylic acids is 2. The number of nitrogens with one attached hydrogen (secondary N) is 2. The number of furan rings is 1. The van der Waals surface area contributed by atoms with Gasteiger partial charge in [-0.15, -0.1) is 11.8 Å². The molecule has 9 heteroatoms. The van der Waals surface area contributed by atoms with Crippen molar-refractivity contribution in [2.45, 2.75) is 11.1 Å². The Bertz CT molecular complexity index is 687. The minimum Gasteiger partial charge on any atom is -0.459 e. The van der Waals surface area contributed by atoms with Crippen LogP contribution in [-0.2, 0) is 11.0 Å². The lowest BCUT2D eigenvalue weighted by atomic mass is 10.2. The molecule has 2 aromatic rings. The minimum atomic E-state index is -4.43. The Balaban J connectivity index is 1.82. The third kappa shape index (κ3) is 5.06. The normalized spacial score (nSPS) is 11.1. The van der Waals surface area contributed by atoms with Gasteiger partial charge in [0.15, 0.2) is 5.76 Å². The molecule has 2 rings (SSSR count). The molecular formula is C14H11F3N2O3S. The van der Waals surface area contributed by atoms with Crippen LogP contribution in [-0.4, -0.2) is 17.6 Å². The summed E-state index contributed by atoms with van der Waals surface area (Å²) < 4.78 is 42.5. The van der Waals surface area contributed by atoms with Gasteiger partial charge in [0.05, 0.1) is 17.6 Å². The topological polar surface area (TPSA) is 71.3 Å². The third-order valence-corrected chi connectivity index (χ3v) is 3.59. The molecule has 0 aliphatic heterocycles. The Morgan fingerprint density at radius 2 is 1.91 bits per heavy atom. The predicted molar refractivity (Wildman–Crippen MR) is 76.5 cm³/mol. The lowest BCUT2D eigenvalue weighted by Crippen LogP contribution is -2.42. The first kappa shape index (κ1) is 16.9. The number of hydrogen-bond donors (Lipinski definition) is 2. The molecule has 0 spiro atoms. The van der Waals surface area contributed by atoms with Crippen LogP contribution in [0, 0.1) is 0 Å². The highest BCUT2D eigenvalue weighted by Gasteiger charge is 2.30. The Morgan fingerprint density at radius 1 is 1.13 bits per heavy atom. The summed E-state index contributed by atoms with van der Waals surface area (Å²) in [6, 6.07) is 7.57. The maximum Gasteiger partial charge on any atom is 0.416 e. The Kier molecular flexibility index (Phi) is 5.32. The average molecular weight is 344 g/mol. The number of carbonyl (C=O) groups is 2. The van der Waals surface area contributed by atoms with Crippen molar-refractivity contribution in [3.05, 3.63) is 54.0 Å². The van der Waals surface area contributed by atoms with Crippen molar-refractivity contribution < 1.29 is 27.2 Å². The molecule has 0 saturated heterocycles. The monoisotopic (exact) mass is 344 g/mol. The van der Waals surface area contributed by atoms with Crippen LogP contribution in [0.1, 0.15) is 16.1 Å². The van der Waals surface area contributed by atoms with Crippen LogP contribution in [0.4, 0.5) is 13.2 Å². The summed E-state index contributed by atoms with van der Waals surface area (Å²) in [5, 5.41) is 0. The van der Waals surface area contributed by atoms with Gasteiger partial charge in [0.1, 0.15) is 0 Å². The zero-order chi connectivity index (χ0) is 16.9. The Labute approximate surface area is 133 Å². The summed E-state index contributed by atoms with van der Waals surface area (Å²) >= 11 is 0.921. The highest BCUT2D eigenvalue weighted by atomic mass is 32.2. The fraction of sp³-hybridized carbons (Fsp3) is 0.143. The van der Waals surface area contributed by atoms with E-state index in [1.54, 1.807) is 0 Å². The summed E-state index contributed by atoms with van der Waals surface area (Å²) in [6.07, 6.45) is -3.13. The molecule has 1 heterocycles. The van der Waals surface area contributed by atoms with Gasteiger partial charge in [-0.3, -0.25) is 20.4 Å². The van der Waals surface area contributed by atoms with Gasteiger partial charge >= 0.3 is 12.1 Å². The van der Waals surface area contributed by atoms with Crippen LogP contribution in [0.2, 0.25) is 0 Å². The zero-order valence-corrected chi connectivity index (χ0v) is 12.3. The van der Waals surface area contributed by atoms with Crippen LogP contribution in [0.3, 0.4) is 0 Å². The lowest BCUT2D eigenvalue weighted by molar-refractivity contribution is -0.137. The summed E-state index contributed by atoms with van der Waals surface area (Å²) in [4.78, 5) is 23.4. The standard InChI is InChI=1S/C14H11F3N2O3S/c15-14(16,17)9-3-1-4-10(7-9)23-8-12(20)18-19-13(21)11-5-2-6-22-11/h1-7H,8H2,(H,18,20)(H,19,21). The highest BCUT2D eigenvalue weighted by Crippen LogP contribution is 2.31. The number of thioether (sulfide) groups is 1. The maximum absolute atomic E-state index is 12.6. The van der Waals surface area contributed by atoms with E-state index >= 15 is 0 Å². The largest absolute Gasteiger partial charge is 0.459 e. The smallest absolute Gasteiger partial charge is 0.416 e. The van der Waals surface area contributed by atoms with E-state index in [0.29, 0.717) is 4.90 Å². The van der Waals surface area contributed by atoms with Crippen molar-refractivity contribution in [3.63, 3.8) is 0 Å². The molecule has 0 saturated carbocycles. The van der Waals surface area contributed by atoms with Crippen LogP contribution < -0.4 is 10.9 Å². The second-order valence-corrected chi connectivity index (χ2v) is 5.34. The van der Waals surface area contributed by atoms with Crippen molar-refractivity contribution in [1.29, 1.82) is 0 Å². The number of benzene rings is 1. The molecule has 0 radical (unpaired) electrons. The van der Waals surface area contributed by atoms with Crippen molar-refractivity contribution in [2.75, 3.05) is 5.75 Å². The minimum absolute atomic E-state index is 0.0239. The first-order chi connectivity index (χ1) is 10.9.